The minimum Gasteiger partial charge on any atom is -0.283 e. The number of para-hydroxylation sites is 1. The molecule has 0 aliphatic carbocycles. The molecule has 2 aromatic heterocycles. The van der Waals surface area contributed by atoms with E-state index in [4.69, 9.17) is 12.2 Å². The van der Waals surface area contributed by atoms with Gasteiger partial charge in [-0.25, -0.2) is 13.1 Å². The summed E-state index contributed by atoms with van der Waals surface area (Å²) in [6.07, 6.45) is 0.612. The van der Waals surface area contributed by atoms with Crippen LogP contribution >= 0.6 is 12.2 Å². The molecule has 1 aromatic carbocycles. The standard InChI is InChI=1S/C16H19N5O3S2/c1-18(11-7-8-26(23,24)9-11)10-20-16(25)21-13-6-4-3-5-12(13)14(22)19(2)15(21)17-20/h3-6,11H,7-10H2,1-2H3. The fraction of sp³-hybridized carbons (Fsp3) is 0.438. The molecular formula is C16H19N5O3S2. The first-order valence-corrected chi connectivity index (χ1v) is 10.5. The maximum Gasteiger partial charge on any atom is 0.262 e. The summed E-state index contributed by atoms with van der Waals surface area (Å²) >= 11 is 5.60. The van der Waals surface area contributed by atoms with Crippen LogP contribution in [0.4, 0.5) is 0 Å². The number of fused-ring (bicyclic) bond motifs is 3. The van der Waals surface area contributed by atoms with Crippen LogP contribution in [0.1, 0.15) is 6.42 Å². The van der Waals surface area contributed by atoms with Gasteiger partial charge in [-0.1, -0.05) is 12.1 Å². The highest BCUT2D eigenvalue weighted by Crippen LogP contribution is 2.18. The first-order chi connectivity index (χ1) is 12.3. The summed E-state index contributed by atoms with van der Waals surface area (Å²) in [5.41, 5.74) is 0.587. The van der Waals surface area contributed by atoms with E-state index in [1.807, 2.05) is 30.1 Å². The Labute approximate surface area is 155 Å². The van der Waals surface area contributed by atoms with Gasteiger partial charge < -0.3 is 0 Å². The number of nitrogens with zero attached hydrogens (tertiary/aromatic N) is 5. The Morgan fingerprint density at radius 1 is 1.35 bits per heavy atom. The van der Waals surface area contributed by atoms with Crippen molar-refractivity contribution in [1.29, 1.82) is 0 Å². The van der Waals surface area contributed by atoms with Crippen molar-refractivity contribution in [2.45, 2.75) is 19.1 Å². The molecule has 8 nitrogen and oxygen atoms in total. The molecule has 26 heavy (non-hydrogen) atoms. The quantitative estimate of drug-likeness (QED) is 0.612. The van der Waals surface area contributed by atoms with Crippen LogP contribution in [0.2, 0.25) is 0 Å². The van der Waals surface area contributed by atoms with E-state index < -0.39 is 9.84 Å². The second-order valence-corrected chi connectivity index (χ2v) is 9.35. The normalized spacial score (nSPS) is 19.7. The van der Waals surface area contributed by atoms with Crippen molar-refractivity contribution in [3.05, 3.63) is 39.4 Å². The van der Waals surface area contributed by atoms with Crippen molar-refractivity contribution in [2.75, 3.05) is 18.6 Å². The Morgan fingerprint density at radius 3 is 2.77 bits per heavy atom. The number of aromatic nitrogens is 4. The summed E-state index contributed by atoms with van der Waals surface area (Å²) in [5.74, 6) is 0.842. The largest absolute Gasteiger partial charge is 0.283 e. The lowest BCUT2D eigenvalue weighted by Gasteiger charge is -2.22. The molecule has 3 aromatic rings. The zero-order valence-corrected chi connectivity index (χ0v) is 16.1. The van der Waals surface area contributed by atoms with Crippen LogP contribution in [0.5, 0.6) is 0 Å². The third-order valence-corrected chi connectivity index (χ3v) is 7.13. The van der Waals surface area contributed by atoms with Gasteiger partial charge in [-0.3, -0.25) is 18.7 Å². The lowest BCUT2D eigenvalue weighted by Crippen LogP contribution is -2.34. The molecule has 1 aliphatic rings. The molecule has 0 radical (unpaired) electrons. The summed E-state index contributed by atoms with van der Waals surface area (Å²) < 4.78 is 28.8. The van der Waals surface area contributed by atoms with Crippen LogP contribution in [-0.4, -0.2) is 56.7 Å². The predicted molar refractivity (Wildman–Crippen MR) is 102 cm³/mol. The first kappa shape index (κ1) is 17.4. The molecule has 1 fully saturated rings. The molecule has 138 valence electrons. The average molecular weight is 393 g/mol. The molecule has 10 heteroatoms. The van der Waals surface area contributed by atoms with Crippen molar-refractivity contribution >= 4 is 38.7 Å². The minimum absolute atomic E-state index is 0.0488. The second-order valence-electron chi connectivity index (χ2n) is 6.75. The fourth-order valence-corrected chi connectivity index (χ4v) is 5.57. The van der Waals surface area contributed by atoms with Crippen LogP contribution < -0.4 is 5.56 Å². The lowest BCUT2D eigenvalue weighted by molar-refractivity contribution is 0.197. The van der Waals surface area contributed by atoms with Gasteiger partial charge in [-0.2, -0.15) is 0 Å². The van der Waals surface area contributed by atoms with Crippen molar-refractivity contribution < 1.29 is 8.42 Å². The van der Waals surface area contributed by atoms with Crippen molar-refractivity contribution in [3.8, 4) is 0 Å². The summed E-state index contributed by atoms with van der Waals surface area (Å²) in [4.78, 5) is 14.5. The molecule has 0 bridgehead atoms. The van der Waals surface area contributed by atoms with Gasteiger partial charge in [0, 0.05) is 13.1 Å². The van der Waals surface area contributed by atoms with Crippen LogP contribution in [0.3, 0.4) is 0 Å². The smallest absolute Gasteiger partial charge is 0.262 e. The van der Waals surface area contributed by atoms with Crippen LogP contribution in [-0.2, 0) is 23.6 Å². The van der Waals surface area contributed by atoms with Gasteiger partial charge in [0.15, 0.2) is 9.84 Å². The second kappa shape index (κ2) is 6.00. The molecule has 3 heterocycles. The van der Waals surface area contributed by atoms with E-state index in [1.54, 1.807) is 22.2 Å². The monoisotopic (exact) mass is 393 g/mol. The molecule has 4 rings (SSSR count). The zero-order chi connectivity index (χ0) is 18.6. The SMILES string of the molecule is CN(Cn1nc2n(C)c(=O)c3ccccc3n2c1=S)C1CCS(=O)(=O)C1. The number of hydrogen-bond acceptors (Lipinski definition) is 6. The molecule has 0 spiro atoms. The van der Waals surface area contributed by atoms with E-state index in [9.17, 15) is 13.2 Å². The summed E-state index contributed by atoms with van der Waals surface area (Å²) in [5, 5.41) is 5.10. The number of aryl methyl sites for hydroxylation is 1. The Bertz CT molecular complexity index is 1240. The van der Waals surface area contributed by atoms with Crippen molar-refractivity contribution in [3.63, 3.8) is 0 Å². The first-order valence-electron chi connectivity index (χ1n) is 8.26. The molecule has 1 atom stereocenters. The maximum absolute atomic E-state index is 12.6. The maximum atomic E-state index is 12.6. The van der Waals surface area contributed by atoms with E-state index in [0.29, 0.717) is 34.5 Å². The highest BCUT2D eigenvalue weighted by Gasteiger charge is 2.31. The topological polar surface area (TPSA) is 81.6 Å². The van der Waals surface area contributed by atoms with E-state index >= 15 is 0 Å². The van der Waals surface area contributed by atoms with E-state index in [2.05, 4.69) is 5.10 Å². The Morgan fingerprint density at radius 2 is 2.08 bits per heavy atom. The third kappa shape index (κ3) is 2.68. The van der Waals surface area contributed by atoms with E-state index in [-0.39, 0.29) is 23.1 Å². The summed E-state index contributed by atoms with van der Waals surface area (Å²) in [7, 11) is 0.583. The molecule has 1 unspecified atom stereocenters. The number of benzene rings is 1. The highest BCUT2D eigenvalue weighted by atomic mass is 32.2. The van der Waals surface area contributed by atoms with Crippen LogP contribution in [0, 0.1) is 4.77 Å². The van der Waals surface area contributed by atoms with Gasteiger partial charge in [0.1, 0.15) is 0 Å². The number of sulfone groups is 1. The Hall–Kier alpha value is -2.04. The number of hydrogen-bond donors (Lipinski definition) is 0. The molecule has 0 N–H and O–H groups in total. The predicted octanol–water partition coefficient (Wildman–Crippen LogP) is 0.794. The molecular weight excluding hydrogens is 374 g/mol. The Kier molecular flexibility index (Phi) is 4.01. The fourth-order valence-electron chi connectivity index (χ4n) is 3.49. The Balaban J connectivity index is 1.82. The van der Waals surface area contributed by atoms with Gasteiger partial charge in [-0.15, -0.1) is 5.10 Å². The van der Waals surface area contributed by atoms with Crippen LogP contribution in [0.25, 0.3) is 16.7 Å². The molecule has 0 amide bonds. The van der Waals surface area contributed by atoms with E-state index in [0.717, 1.165) is 0 Å². The minimum atomic E-state index is -2.96. The van der Waals surface area contributed by atoms with Gasteiger partial charge in [0.05, 0.1) is 29.1 Å². The van der Waals surface area contributed by atoms with Gasteiger partial charge in [-0.05, 0) is 37.8 Å². The van der Waals surface area contributed by atoms with Gasteiger partial charge in [0.2, 0.25) is 10.5 Å². The van der Waals surface area contributed by atoms with Crippen molar-refractivity contribution in [1.82, 2.24) is 23.6 Å². The summed E-state index contributed by atoms with van der Waals surface area (Å²) in [6, 6.07) is 7.24. The lowest BCUT2D eigenvalue weighted by atomic mass is 10.2. The molecule has 1 aliphatic heterocycles. The van der Waals surface area contributed by atoms with Crippen molar-refractivity contribution in [2.24, 2.45) is 7.05 Å². The number of rotatable bonds is 3. The van der Waals surface area contributed by atoms with Gasteiger partial charge >= 0.3 is 0 Å². The third-order valence-electron chi connectivity index (χ3n) is 4.99. The van der Waals surface area contributed by atoms with Gasteiger partial charge in [0.25, 0.3) is 5.56 Å². The zero-order valence-electron chi connectivity index (χ0n) is 14.5. The average Bonchev–Trinajstić information content (AvgIpc) is 3.13. The van der Waals surface area contributed by atoms with Crippen LogP contribution in [0.15, 0.2) is 29.1 Å². The molecule has 1 saturated heterocycles. The summed E-state index contributed by atoms with van der Waals surface area (Å²) in [6.45, 7) is 0.364. The molecule has 0 saturated carbocycles. The van der Waals surface area contributed by atoms with E-state index in [1.165, 1.54) is 4.57 Å². The highest BCUT2D eigenvalue weighted by molar-refractivity contribution is 7.91.